The van der Waals surface area contributed by atoms with E-state index in [9.17, 15) is 0 Å². The van der Waals surface area contributed by atoms with Gasteiger partial charge in [0, 0.05) is 34.2 Å². The fraction of sp³-hybridized carbons (Fsp3) is 0. The van der Waals surface area contributed by atoms with Crippen molar-refractivity contribution in [2.24, 2.45) is 0 Å². The molecule has 0 spiro atoms. The third-order valence-corrected chi connectivity index (χ3v) is 3.32. The van der Waals surface area contributed by atoms with Crippen LogP contribution in [0.1, 0.15) is 0 Å². The Morgan fingerprint density at radius 2 is 1.79 bits per heavy atom. The predicted octanol–water partition coefficient (Wildman–Crippen LogP) is 3.78. The molecule has 0 amide bonds. The van der Waals surface area contributed by atoms with Crippen molar-refractivity contribution < 1.29 is 0 Å². The number of nitrogens with zero attached hydrogens (tertiary/aromatic N) is 2. The number of para-hydroxylation sites is 1. The third-order valence-electron chi connectivity index (χ3n) is 3.32. The second-order valence-corrected chi connectivity index (χ2v) is 4.50. The van der Waals surface area contributed by atoms with Crippen LogP contribution in [0.2, 0.25) is 0 Å². The average Bonchev–Trinajstić information content (AvgIpc) is 2.86. The molecule has 3 nitrogen and oxygen atoms in total. The smallest absolute Gasteiger partial charge is 0.139 e. The molecule has 0 aliphatic carbocycles. The molecule has 1 aromatic carbocycles. The maximum absolute atomic E-state index is 4.69. The lowest BCUT2D eigenvalue weighted by molar-refractivity contribution is 1.29. The van der Waals surface area contributed by atoms with E-state index in [2.05, 4.69) is 33.2 Å². The SMILES string of the molecule is c1cncc(-c2ccc3c(n2)[nH]c2ccccc23)c1. The summed E-state index contributed by atoms with van der Waals surface area (Å²) in [5, 5.41) is 2.37. The lowest BCUT2D eigenvalue weighted by Gasteiger charge is -1.99. The number of benzene rings is 1. The number of aromatic amines is 1. The number of aromatic nitrogens is 3. The Hall–Kier alpha value is -2.68. The van der Waals surface area contributed by atoms with Gasteiger partial charge in [0.1, 0.15) is 5.65 Å². The second-order valence-electron chi connectivity index (χ2n) is 4.50. The number of H-pyrrole nitrogens is 1. The van der Waals surface area contributed by atoms with Gasteiger partial charge in [0.2, 0.25) is 0 Å². The van der Waals surface area contributed by atoms with Gasteiger partial charge in [-0.3, -0.25) is 4.98 Å². The van der Waals surface area contributed by atoms with E-state index in [4.69, 9.17) is 0 Å². The van der Waals surface area contributed by atoms with Gasteiger partial charge in [-0.25, -0.2) is 4.98 Å². The van der Waals surface area contributed by atoms with Crippen LogP contribution in [0.4, 0.5) is 0 Å². The van der Waals surface area contributed by atoms with Crippen LogP contribution in [0.3, 0.4) is 0 Å². The average molecular weight is 245 g/mol. The summed E-state index contributed by atoms with van der Waals surface area (Å²) < 4.78 is 0. The largest absolute Gasteiger partial charge is 0.339 e. The molecule has 0 aliphatic heterocycles. The molecular formula is C16H11N3. The van der Waals surface area contributed by atoms with Gasteiger partial charge in [-0.2, -0.15) is 0 Å². The van der Waals surface area contributed by atoms with Crippen LogP contribution in [0, 0.1) is 0 Å². The summed E-state index contributed by atoms with van der Waals surface area (Å²) in [4.78, 5) is 12.2. The van der Waals surface area contributed by atoms with Crippen LogP contribution < -0.4 is 0 Å². The Balaban J connectivity index is 1.99. The topological polar surface area (TPSA) is 41.6 Å². The van der Waals surface area contributed by atoms with Crippen LogP contribution >= 0.6 is 0 Å². The van der Waals surface area contributed by atoms with Crippen LogP contribution in [0.5, 0.6) is 0 Å². The number of rotatable bonds is 1. The van der Waals surface area contributed by atoms with Crippen molar-refractivity contribution >= 4 is 21.9 Å². The van der Waals surface area contributed by atoms with E-state index in [-0.39, 0.29) is 0 Å². The molecule has 4 aromatic rings. The van der Waals surface area contributed by atoms with E-state index in [0.29, 0.717) is 0 Å². The molecule has 3 heteroatoms. The summed E-state index contributed by atoms with van der Waals surface area (Å²) in [6, 6.07) is 16.4. The number of hydrogen-bond donors (Lipinski definition) is 1. The van der Waals surface area contributed by atoms with Crippen molar-refractivity contribution in [3.05, 3.63) is 60.9 Å². The Morgan fingerprint density at radius 3 is 2.68 bits per heavy atom. The number of nitrogens with one attached hydrogen (secondary N) is 1. The standard InChI is InChI=1S/C16H11N3/c1-2-6-15-12(5-1)13-7-8-14(18-16(13)19-15)11-4-3-9-17-10-11/h1-10H,(H,18,19). The Bertz CT molecular complexity index is 863. The summed E-state index contributed by atoms with van der Waals surface area (Å²) in [7, 11) is 0. The molecule has 0 bridgehead atoms. The molecule has 0 radical (unpaired) electrons. The molecular weight excluding hydrogens is 234 g/mol. The quantitative estimate of drug-likeness (QED) is 0.554. The minimum absolute atomic E-state index is 0.919. The zero-order valence-corrected chi connectivity index (χ0v) is 10.2. The molecule has 0 unspecified atom stereocenters. The van der Waals surface area contributed by atoms with Gasteiger partial charge in [-0.1, -0.05) is 18.2 Å². The molecule has 19 heavy (non-hydrogen) atoms. The minimum Gasteiger partial charge on any atom is -0.339 e. The van der Waals surface area contributed by atoms with Gasteiger partial charge in [0.25, 0.3) is 0 Å². The van der Waals surface area contributed by atoms with E-state index in [1.807, 2.05) is 36.5 Å². The van der Waals surface area contributed by atoms with Crippen molar-refractivity contribution in [2.45, 2.75) is 0 Å². The van der Waals surface area contributed by atoms with Crippen molar-refractivity contribution in [2.75, 3.05) is 0 Å². The molecule has 0 atom stereocenters. The molecule has 0 saturated carbocycles. The van der Waals surface area contributed by atoms with Crippen molar-refractivity contribution in [1.29, 1.82) is 0 Å². The Morgan fingerprint density at radius 1 is 0.842 bits per heavy atom. The van der Waals surface area contributed by atoms with E-state index in [1.165, 1.54) is 5.39 Å². The Kier molecular flexibility index (Phi) is 2.12. The number of pyridine rings is 2. The summed E-state index contributed by atoms with van der Waals surface area (Å²) in [6.45, 7) is 0. The van der Waals surface area contributed by atoms with Gasteiger partial charge < -0.3 is 4.98 Å². The second kappa shape index (κ2) is 3.92. The third kappa shape index (κ3) is 1.59. The summed E-state index contributed by atoms with van der Waals surface area (Å²) in [5.41, 5.74) is 4.01. The first kappa shape index (κ1) is 10.3. The van der Waals surface area contributed by atoms with Crippen LogP contribution in [-0.4, -0.2) is 15.0 Å². The maximum Gasteiger partial charge on any atom is 0.139 e. The van der Waals surface area contributed by atoms with E-state index in [1.54, 1.807) is 6.20 Å². The summed E-state index contributed by atoms with van der Waals surface area (Å²) in [6.07, 6.45) is 3.60. The van der Waals surface area contributed by atoms with Gasteiger partial charge in [-0.05, 0) is 30.3 Å². The van der Waals surface area contributed by atoms with Crippen molar-refractivity contribution in [3.8, 4) is 11.3 Å². The van der Waals surface area contributed by atoms with Gasteiger partial charge in [-0.15, -0.1) is 0 Å². The molecule has 3 aromatic heterocycles. The van der Waals surface area contributed by atoms with Crippen molar-refractivity contribution in [3.63, 3.8) is 0 Å². The van der Waals surface area contributed by atoms with Crippen LogP contribution in [-0.2, 0) is 0 Å². The molecule has 0 fully saturated rings. The highest BCUT2D eigenvalue weighted by Crippen LogP contribution is 2.26. The molecule has 0 saturated heterocycles. The zero-order valence-electron chi connectivity index (χ0n) is 10.2. The normalized spacial score (nSPS) is 11.2. The van der Waals surface area contributed by atoms with Crippen LogP contribution in [0.15, 0.2) is 60.9 Å². The minimum atomic E-state index is 0.919. The van der Waals surface area contributed by atoms with E-state index >= 15 is 0 Å². The predicted molar refractivity (Wildman–Crippen MR) is 76.8 cm³/mol. The highest BCUT2D eigenvalue weighted by atomic mass is 14.9. The van der Waals surface area contributed by atoms with Crippen LogP contribution in [0.25, 0.3) is 33.2 Å². The summed E-state index contributed by atoms with van der Waals surface area (Å²) >= 11 is 0. The van der Waals surface area contributed by atoms with Gasteiger partial charge >= 0.3 is 0 Å². The Labute approximate surface area is 110 Å². The molecule has 3 heterocycles. The van der Waals surface area contributed by atoms with E-state index in [0.717, 1.165) is 27.8 Å². The number of fused-ring (bicyclic) bond motifs is 3. The van der Waals surface area contributed by atoms with Crippen molar-refractivity contribution in [1.82, 2.24) is 15.0 Å². The maximum atomic E-state index is 4.69. The molecule has 0 aliphatic rings. The lowest BCUT2D eigenvalue weighted by Crippen LogP contribution is -1.84. The summed E-state index contributed by atoms with van der Waals surface area (Å²) in [5.74, 6) is 0. The fourth-order valence-corrected chi connectivity index (χ4v) is 2.40. The fourth-order valence-electron chi connectivity index (χ4n) is 2.40. The first-order valence-corrected chi connectivity index (χ1v) is 6.20. The first-order chi connectivity index (χ1) is 9.42. The zero-order chi connectivity index (χ0) is 12.7. The lowest BCUT2D eigenvalue weighted by atomic mass is 10.1. The van der Waals surface area contributed by atoms with E-state index < -0.39 is 0 Å². The highest BCUT2D eigenvalue weighted by molar-refractivity contribution is 6.06. The highest BCUT2D eigenvalue weighted by Gasteiger charge is 2.06. The molecule has 1 N–H and O–H groups in total. The van der Waals surface area contributed by atoms with Gasteiger partial charge in [0.05, 0.1) is 5.69 Å². The molecule has 4 rings (SSSR count). The monoisotopic (exact) mass is 245 g/mol. The first-order valence-electron chi connectivity index (χ1n) is 6.20. The van der Waals surface area contributed by atoms with Gasteiger partial charge in [0.15, 0.2) is 0 Å². The number of hydrogen-bond acceptors (Lipinski definition) is 2. The molecule has 90 valence electrons.